The minimum Gasteiger partial charge on any atom is -0.372 e. The molecule has 1 aromatic carbocycles. The molecule has 0 aliphatic carbocycles. The van der Waals surface area contributed by atoms with Crippen LogP contribution < -0.4 is 0 Å². The predicted octanol–water partition coefficient (Wildman–Crippen LogP) is 9.41. The van der Waals surface area contributed by atoms with Crippen molar-refractivity contribution in [3.63, 3.8) is 0 Å². The van der Waals surface area contributed by atoms with Crippen LogP contribution in [0.3, 0.4) is 0 Å². The van der Waals surface area contributed by atoms with Crippen LogP contribution in [0.1, 0.15) is 122 Å². The molecule has 0 bridgehead atoms. The molecule has 0 spiro atoms. The molecule has 0 aliphatic heterocycles. The third kappa shape index (κ3) is 17.5. The average molecular weight is 401 g/mol. The number of unbranched alkanes of at least 4 members (excludes halogenated alkanes) is 15. The maximum atomic E-state index is 5.76. The molecule has 1 heteroatoms. The van der Waals surface area contributed by atoms with Gasteiger partial charge in [0.05, 0.1) is 13.2 Å². The Labute approximate surface area is 182 Å². The standard InChI is InChI=1S/C28H48O/c1-3-4-5-6-7-8-9-10-11-12-13-14-15-16-17-19-22-27(2)25-29-26-28-23-20-18-21-24-28/h18,20-21,23-24H,2-17,19,22,25-26H2,1H3. The van der Waals surface area contributed by atoms with Gasteiger partial charge in [0.25, 0.3) is 0 Å². The van der Waals surface area contributed by atoms with Crippen LogP contribution >= 0.6 is 0 Å². The number of hydrogen-bond donors (Lipinski definition) is 0. The molecule has 0 heterocycles. The lowest BCUT2D eigenvalue weighted by molar-refractivity contribution is 0.140. The van der Waals surface area contributed by atoms with E-state index in [0.717, 1.165) is 6.42 Å². The summed E-state index contributed by atoms with van der Waals surface area (Å²) in [5, 5.41) is 0. The Kier molecular flexibility index (Phi) is 18.1. The smallest absolute Gasteiger partial charge is 0.0721 e. The minimum absolute atomic E-state index is 0.693. The lowest BCUT2D eigenvalue weighted by atomic mass is 10.0. The first kappa shape index (κ1) is 26.0. The van der Waals surface area contributed by atoms with Crippen molar-refractivity contribution < 1.29 is 4.74 Å². The highest BCUT2D eigenvalue weighted by Crippen LogP contribution is 2.15. The predicted molar refractivity (Wildman–Crippen MR) is 129 cm³/mol. The molecular formula is C28H48O. The van der Waals surface area contributed by atoms with E-state index in [4.69, 9.17) is 4.74 Å². The Hall–Kier alpha value is -1.08. The van der Waals surface area contributed by atoms with Crippen molar-refractivity contribution in [3.8, 4) is 0 Å². The zero-order valence-corrected chi connectivity index (χ0v) is 19.4. The first-order valence-corrected chi connectivity index (χ1v) is 12.6. The Morgan fingerprint density at radius 2 is 1.10 bits per heavy atom. The topological polar surface area (TPSA) is 9.23 Å². The molecular weight excluding hydrogens is 352 g/mol. The molecule has 0 radical (unpaired) electrons. The van der Waals surface area contributed by atoms with Gasteiger partial charge >= 0.3 is 0 Å². The molecule has 0 N–H and O–H groups in total. The summed E-state index contributed by atoms with van der Waals surface area (Å²) in [6.07, 6.45) is 23.9. The SMILES string of the molecule is C=C(CCCCCCCCCCCCCCCCCC)COCc1ccccc1. The first-order valence-electron chi connectivity index (χ1n) is 12.6. The summed E-state index contributed by atoms with van der Waals surface area (Å²) >= 11 is 0. The van der Waals surface area contributed by atoms with E-state index in [-0.39, 0.29) is 0 Å². The van der Waals surface area contributed by atoms with Gasteiger partial charge in [0, 0.05) is 0 Å². The summed E-state index contributed by atoms with van der Waals surface area (Å²) < 4.78 is 5.76. The highest BCUT2D eigenvalue weighted by Gasteiger charge is 1.98. The van der Waals surface area contributed by atoms with Crippen LogP contribution in [0.25, 0.3) is 0 Å². The molecule has 29 heavy (non-hydrogen) atoms. The van der Waals surface area contributed by atoms with E-state index in [1.807, 2.05) is 6.07 Å². The summed E-state index contributed by atoms with van der Waals surface area (Å²) in [5.41, 5.74) is 2.48. The van der Waals surface area contributed by atoms with Gasteiger partial charge in [-0.1, -0.05) is 146 Å². The fourth-order valence-electron chi connectivity index (χ4n) is 3.88. The van der Waals surface area contributed by atoms with Gasteiger partial charge < -0.3 is 4.74 Å². The molecule has 1 rings (SSSR count). The summed E-state index contributed by atoms with van der Waals surface area (Å²) in [5.74, 6) is 0. The molecule has 1 nitrogen and oxygen atoms in total. The molecule has 0 amide bonds. The number of benzene rings is 1. The number of ether oxygens (including phenoxy) is 1. The van der Waals surface area contributed by atoms with Gasteiger partial charge in [-0.05, 0) is 18.4 Å². The van der Waals surface area contributed by atoms with Crippen molar-refractivity contribution in [1.82, 2.24) is 0 Å². The quantitative estimate of drug-likeness (QED) is 0.147. The lowest BCUT2D eigenvalue weighted by Crippen LogP contribution is -1.98. The zero-order chi connectivity index (χ0) is 20.8. The van der Waals surface area contributed by atoms with Crippen molar-refractivity contribution in [2.24, 2.45) is 0 Å². The lowest BCUT2D eigenvalue weighted by Gasteiger charge is -2.07. The summed E-state index contributed by atoms with van der Waals surface area (Å²) in [7, 11) is 0. The third-order valence-corrected chi connectivity index (χ3v) is 5.80. The Balaban J connectivity index is 1.75. The van der Waals surface area contributed by atoms with E-state index in [1.54, 1.807) is 0 Å². The van der Waals surface area contributed by atoms with Crippen LogP contribution in [0.15, 0.2) is 42.5 Å². The maximum absolute atomic E-state index is 5.76. The van der Waals surface area contributed by atoms with Gasteiger partial charge in [-0.25, -0.2) is 0 Å². The van der Waals surface area contributed by atoms with Gasteiger partial charge in [-0.3, -0.25) is 0 Å². The van der Waals surface area contributed by atoms with E-state index in [2.05, 4.69) is 37.8 Å². The van der Waals surface area contributed by atoms with Gasteiger partial charge in [-0.2, -0.15) is 0 Å². The molecule has 0 fully saturated rings. The first-order chi connectivity index (χ1) is 14.3. The number of hydrogen-bond acceptors (Lipinski definition) is 1. The second-order valence-corrected chi connectivity index (χ2v) is 8.78. The van der Waals surface area contributed by atoms with Crippen LogP contribution in [0.2, 0.25) is 0 Å². The summed E-state index contributed by atoms with van der Waals surface area (Å²) in [6.45, 7) is 7.86. The van der Waals surface area contributed by atoms with Crippen molar-refractivity contribution >= 4 is 0 Å². The summed E-state index contributed by atoms with van der Waals surface area (Å²) in [6, 6.07) is 10.4. The highest BCUT2D eigenvalue weighted by atomic mass is 16.5. The van der Waals surface area contributed by atoms with E-state index >= 15 is 0 Å². The maximum Gasteiger partial charge on any atom is 0.0721 e. The van der Waals surface area contributed by atoms with Crippen LogP contribution in [-0.2, 0) is 11.3 Å². The molecule has 0 saturated carbocycles. The van der Waals surface area contributed by atoms with Crippen molar-refractivity contribution in [2.45, 2.75) is 123 Å². The van der Waals surface area contributed by atoms with E-state index in [0.29, 0.717) is 13.2 Å². The van der Waals surface area contributed by atoms with Crippen molar-refractivity contribution in [3.05, 3.63) is 48.0 Å². The van der Waals surface area contributed by atoms with Gasteiger partial charge in [0.15, 0.2) is 0 Å². The van der Waals surface area contributed by atoms with Crippen molar-refractivity contribution in [1.29, 1.82) is 0 Å². The fourth-order valence-corrected chi connectivity index (χ4v) is 3.88. The molecule has 166 valence electrons. The second-order valence-electron chi connectivity index (χ2n) is 8.78. The van der Waals surface area contributed by atoms with Crippen LogP contribution in [0.4, 0.5) is 0 Å². The van der Waals surface area contributed by atoms with E-state index in [9.17, 15) is 0 Å². The molecule has 0 atom stereocenters. The summed E-state index contributed by atoms with van der Waals surface area (Å²) in [4.78, 5) is 0. The molecule has 0 aromatic heterocycles. The average Bonchev–Trinajstić information content (AvgIpc) is 2.74. The second kappa shape index (κ2) is 20.2. The largest absolute Gasteiger partial charge is 0.372 e. The van der Waals surface area contributed by atoms with E-state index in [1.165, 1.54) is 114 Å². The van der Waals surface area contributed by atoms with Gasteiger partial charge in [0.2, 0.25) is 0 Å². The highest BCUT2D eigenvalue weighted by molar-refractivity contribution is 5.13. The molecule has 1 aromatic rings. The Bertz CT molecular complexity index is 464. The number of rotatable bonds is 21. The normalized spacial score (nSPS) is 11.1. The van der Waals surface area contributed by atoms with Crippen LogP contribution in [-0.4, -0.2) is 6.61 Å². The molecule has 0 unspecified atom stereocenters. The molecule has 0 saturated heterocycles. The monoisotopic (exact) mass is 400 g/mol. The Morgan fingerprint density at radius 3 is 1.59 bits per heavy atom. The third-order valence-electron chi connectivity index (χ3n) is 5.80. The zero-order valence-electron chi connectivity index (χ0n) is 19.4. The molecule has 0 aliphatic rings. The van der Waals surface area contributed by atoms with Crippen molar-refractivity contribution in [2.75, 3.05) is 6.61 Å². The minimum atomic E-state index is 0.693. The van der Waals surface area contributed by atoms with Crippen LogP contribution in [0, 0.1) is 0 Å². The fraction of sp³-hybridized carbons (Fsp3) is 0.714. The Morgan fingerprint density at radius 1 is 0.655 bits per heavy atom. The van der Waals surface area contributed by atoms with Gasteiger partial charge in [0.1, 0.15) is 0 Å². The van der Waals surface area contributed by atoms with E-state index < -0.39 is 0 Å². The van der Waals surface area contributed by atoms with Gasteiger partial charge in [-0.15, -0.1) is 0 Å². The van der Waals surface area contributed by atoms with Crippen LogP contribution in [0.5, 0.6) is 0 Å².